The second-order valence-corrected chi connectivity index (χ2v) is 4.94. The first-order chi connectivity index (χ1) is 9.97. The van der Waals surface area contributed by atoms with Gasteiger partial charge in [-0.1, -0.05) is 0 Å². The number of esters is 1. The zero-order valence-corrected chi connectivity index (χ0v) is 11.9. The van der Waals surface area contributed by atoms with Crippen LogP contribution in [0, 0.1) is 10.1 Å². The maximum absolute atomic E-state index is 11.8. The molecule has 114 valence electrons. The van der Waals surface area contributed by atoms with Gasteiger partial charge in [0.1, 0.15) is 0 Å². The maximum Gasteiger partial charge on any atom is 0.357 e. The van der Waals surface area contributed by atoms with E-state index in [0.29, 0.717) is 13.2 Å². The average Bonchev–Trinajstić information content (AvgIpc) is 2.35. The molecule has 0 radical (unpaired) electrons. The standard InChI is InChI=1S/C13H17N3O5/c1-8(2)21-13(17)10-3-4-11(16(18)19)12(15-10)14-7-9-5-6-20-9/h3-4,8-9H,5-7H2,1-2H3,(H,14,15). The van der Waals surface area contributed by atoms with Crippen molar-refractivity contribution in [1.29, 1.82) is 0 Å². The molecule has 1 unspecified atom stereocenters. The molecule has 1 atom stereocenters. The normalized spacial score (nSPS) is 17.2. The van der Waals surface area contributed by atoms with Crippen molar-refractivity contribution in [1.82, 2.24) is 4.98 Å². The molecule has 21 heavy (non-hydrogen) atoms. The highest BCUT2D eigenvalue weighted by Crippen LogP contribution is 2.23. The monoisotopic (exact) mass is 295 g/mol. The van der Waals surface area contributed by atoms with Crippen molar-refractivity contribution in [3.05, 3.63) is 27.9 Å². The molecule has 0 aromatic carbocycles. The van der Waals surface area contributed by atoms with Gasteiger partial charge in [-0.2, -0.15) is 0 Å². The smallest absolute Gasteiger partial charge is 0.357 e. The summed E-state index contributed by atoms with van der Waals surface area (Å²) in [5.74, 6) is -0.559. The molecule has 8 nitrogen and oxygen atoms in total. The van der Waals surface area contributed by atoms with Crippen LogP contribution in [0.3, 0.4) is 0 Å². The van der Waals surface area contributed by atoms with Crippen LogP contribution in [0.1, 0.15) is 30.8 Å². The molecule has 1 fully saturated rings. The quantitative estimate of drug-likeness (QED) is 0.484. The number of nitrogens with zero attached hydrogens (tertiary/aromatic N) is 2. The lowest BCUT2D eigenvalue weighted by Crippen LogP contribution is -2.33. The van der Waals surface area contributed by atoms with E-state index in [1.54, 1.807) is 13.8 Å². The first-order valence-electron chi connectivity index (χ1n) is 6.69. The van der Waals surface area contributed by atoms with Crippen molar-refractivity contribution in [2.24, 2.45) is 0 Å². The van der Waals surface area contributed by atoms with Gasteiger partial charge in [0.2, 0.25) is 5.82 Å². The number of anilines is 1. The number of aromatic nitrogens is 1. The first-order valence-corrected chi connectivity index (χ1v) is 6.69. The first kappa shape index (κ1) is 15.2. The summed E-state index contributed by atoms with van der Waals surface area (Å²) in [5, 5.41) is 13.8. The Balaban J connectivity index is 2.16. The van der Waals surface area contributed by atoms with Crippen molar-refractivity contribution in [2.45, 2.75) is 32.5 Å². The summed E-state index contributed by atoms with van der Waals surface area (Å²) < 4.78 is 10.3. The molecule has 8 heteroatoms. The van der Waals surface area contributed by atoms with Gasteiger partial charge in [-0.25, -0.2) is 9.78 Å². The molecule has 0 spiro atoms. The van der Waals surface area contributed by atoms with Crippen molar-refractivity contribution in [2.75, 3.05) is 18.5 Å². The highest BCUT2D eigenvalue weighted by atomic mass is 16.6. The Labute approximate surface area is 121 Å². The Kier molecular flexibility index (Phi) is 4.69. The minimum atomic E-state index is -0.608. The number of carbonyl (C=O) groups is 1. The van der Waals surface area contributed by atoms with Crippen LogP contribution in [0.5, 0.6) is 0 Å². The fourth-order valence-electron chi connectivity index (χ4n) is 1.77. The Hall–Kier alpha value is -2.22. The summed E-state index contributed by atoms with van der Waals surface area (Å²) in [4.78, 5) is 26.2. The van der Waals surface area contributed by atoms with Gasteiger partial charge in [-0.05, 0) is 26.3 Å². The van der Waals surface area contributed by atoms with Crippen molar-refractivity contribution < 1.29 is 19.2 Å². The third kappa shape index (κ3) is 3.88. The van der Waals surface area contributed by atoms with Gasteiger partial charge in [0.05, 0.1) is 17.1 Å². The number of pyridine rings is 1. The van der Waals surface area contributed by atoms with Crippen LogP contribution in [0.25, 0.3) is 0 Å². The van der Waals surface area contributed by atoms with Gasteiger partial charge < -0.3 is 14.8 Å². The highest BCUT2D eigenvalue weighted by molar-refractivity contribution is 5.88. The van der Waals surface area contributed by atoms with Gasteiger partial charge in [0.15, 0.2) is 5.69 Å². The Morgan fingerprint density at radius 1 is 1.62 bits per heavy atom. The van der Waals surface area contributed by atoms with Crippen molar-refractivity contribution >= 4 is 17.5 Å². The van der Waals surface area contributed by atoms with Gasteiger partial charge in [0, 0.05) is 19.2 Å². The third-order valence-corrected chi connectivity index (χ3v) is 2.91. The molecule has 2 rings (SSSR count). The largest absolute Gasteiger partial charge is 0.458 e. The summed E-state index contributed by atoms with van der Waals surface area (Å²) >= 11 is 0. The van der Waals surface area contributed by atoms with Crippen LogP contribution in [-0.4, -0.2) is 41.2 Å². The molecule has 1 aliphatic heterocycles. The molecule has 0 saturated carbocycles. The molecule has 0 aliphatic carbocycles. The van der Waals surface area contributed by atoms with Crippen LogP contribution in [-0.2, 0) is 9.47 Å². The minimum Gasteiger partial charge on any atom is -0.458 e. The molecule has 0 amide bonds. The number of ether oxygens (including phenoxy) is 2. The zero-order valence-electron chi connectivity index (χ0n) is 11.9. The topological polar surface area (TPSA) is 104 Å². The number of hydrogen-bond acceptors (Lipinski definition) is 7. The summed E-state index contributed by atoms with van der Waals surface area (Å²) in [5.41, 5.74) is -0.151. The molecule has 0 bridgehead atoms. The summed E-state index contributed by atoms with van der Waals surface area (Å²) in [7, 11) is 0. The zero-order chi connectivity index (χ0) is 15.4. The van der Waals surface area contributed by atoms with E-state index >= 15 is 0 Å². The molecule has 1 aliphatic rings. The van der Waals surface area contributed by atoms with E-state index in [2.05, 4.69) is 10.3 Å². The number of carbonyl (C=O) groups excluding carboxylic acids is 1. The van der Waals surface area contributed by atoms with E-state index in [4.69, 9.17) is 9.47 Å². The van der Waals surface area contributed by atoms with Crippen LogP contribution < -0.4 is 5.32 Å². The van der Waals surface area contributed by atoms with Crippen LogP contribution >= 0.6 is 0 Å². The average molecular weight is 295 g/mol. The second kappa shape index (κ2) is 6.49. The van der Waals surface area contributed by atoms with E-state index in [9.17, 15) is 14.9 Å². The number of nitro groups is 1. The molecule has 1 aromatic heterocycles. The van der Waals surface area contributed by atoms with Crippen LogP contribution in [0.15, 0.2) is 12.1 Å². The summed E-state index contributed by atoms with van der Waals surface area (Å²) in [6.45, 7) is 4.55. The van der Waals surface area contributed by atoms with E-state index in [1.165, 1.54) is 12.1 Å². The summed E-state index contributed by atoms with van der Waals surface area (Å²) in [6.07, 6.45) is 0.641. The van der Waals surface area contributed by atoms with Gasteiger partial charge in [-0.3, -0.25) is 10.1 Å². The Morgan fingerprint density at radius 3 is 2.86 bits per heavy atom. The fourth-order valence-corrected chi connectivity index (χ4v) is 1.77. The summed E-state index contributed by atoms with van der Waals surface area (Å²) in [6, 6.07) is 2.53. The maximum atomic E-state index is 11.8. The second-order valence-electron chi connectivity index (χ2n) is 4.94. The van der Waals surface area contributed by atoms with Gasteiger partial charge >= 0.3 is 11.7 Å². The van der Waals surface area contributed by atoms with Crippen molar-refractivity contribution in [3.63, 3.8) is 0 Å². The number of hydrogen-bond donors (Lipinski definition) is 1. The minimum absolute atomic E-state index is 0.0256. The lowest BCUT2D eigenvalue weighted by atomic mass is 10.2. The van der Waals surface area contributed by atoms with Crippen molar-refractivity contribution in [3.8, 4) is 0 Å². The molecular weight excluding hydrogens is 278 g/mol. The van der Waals surface area contributed by atoms with E-state index in [1.807, 2.05) is 0 Å². The Morgan fingerprint density at radius 2 is 2.33 bits per heavy atom. The molecule has 1 aromatic rings. The molecule has 2 heterocycles. The fraction of sp³-hybridized carbons (Fsp3) is 0.538. The lowest BCUT2D eigenvalue weighted by Gasteiger charge is -2.26. The van der Waals surface area contributed by atoms with Gasteiger partial charge in [0.25, 0.3) is 0 Å². The molecular formula is C13H17N3O5. The lowest BCUT2D eigenvalue weighted by molar-refractivity contribution is -0.384. The van der Waals surface area contributed by atoms with E-state index in [0.717, 1.165) is 6.42 Å². The predicted octanol–water partition coefficient (Wildman–Crippen LogP) is 1.76. The van der Waals surface area contributed by atoms with E-state index in [-0.39, 0.29) is 29.4 Å². The molecule has 1 N–H and O–H groups in total. The van der Waals surface area contributed by atoms with Crippen LogP contribution in [0.2, 0.25) is 0 Å². The third-order valence-electron chi connectivity index (χ3n) is 2.91. The van der Waals surface area contributed by atoms with E-state index < -0.39 is 10.9 Å². The van der Waals surface area contributed by atoms with Gasteiger partial charge in [-0.15, -0.1) is 0 Å². The highest BCUT2D eigenvalue weighted by Gasteiger charge is 2.23. The predicted molar refractivity (Wildman–Crippen MR) is 74.3 cm³/mol. The number of nitrogens with one attached hydrogen (secondary N) is 1. The molecule has 1 saturated heterocycles. The number of rotatable bonds is 6. The Bertz CT molecular complexity index is 543. The SMILES string of the molecule is CC(C)OC(=O)c1ccc([N+](=O)[O-])c(NCC2CCO2)n1. The van der Waals surface area contributed by atoms with Crippen LogP contribution in [0.4, 0.5) is 11.5 Å².